The highest BCUT2D eigenvalue weighted by molar-refractivity contribution is 6.32. The van der Waals surface area contributed by atoms with E-state index in [1.54, 1.807) is 17.7 Å². The lowest BCUT2D eigenvalue weighted by molar-refractivity contribution is -0.129. The van der Waals surface area contributed by atoms with Gasteiger partial charge in [-0.1, -0.05) is 54.7 Å². The van der Waals surface area contributed by atoms with Crippen LogP contribution in [0.3, 0.4) is 0 Å². The normalized spacial score (nSPS) is 11.9. The second-order valence-electron chi connectivity index (χ2n) is 6.18. The second kappa shape index (κ2) is 9.76. The summed E-state index contributed by atoms with van der Waals surface area (Å²) in [5.74, 6) is -1.09. The van der Waals surface area contributed by atoms with Gasteiger partial charge in [0.1, 0.15) is 10.7 Å². The molecule has 8 heteroatoms. The molecule has 146 valence electrons. The number of aryl methyl sites for hydroxylation is 2. The number of aromatic nitrogens is 2. The maximum Gasteiger partial charge on any atom is 0.343 e. The van der Waals surface area contributed by atoms with Gasteiger partial charge in [-0.2, -0.15) is 5.10 Å². The molecule has 0 aliphatic heterocycles. The lowest BCUT2D eigenvalue weighted by Gasteiger charge is -2.14. The molecule has 1 amide bonds. The average Bonchev–Trinajstić information content (AvgIpc) is 2.92. The Bertz CT molecular complexity index is 821. The fraction of sp³-hybridized carbons (Fsp3) is 0.421. The fourth-order valence-corrected chi connectivity index (χ4v) is 3.02. The molecule has 0 radical (unpaired) electrons. The van der Waals surface area contributed by atoms with E-state index in [1.807, 2.05) is 18.2 Å². The number of hydrogen-bond acceptors (Lipinski definition) is 4. The third-order valence-electron chi connectivity index (χ3n) is 4.06. The number of amides is 1. The molecule has 0 spiro atoms. The van der Waals surface area contributed by atoms with Gasteiger partial charge in [-0.25, -0.2) is 4.79 Å². The Morgan fingerprint density at radius 2 is 2.00 bits per heavy atom. The Hall–Kier alpha value is -2.05. The minimum atomic E-state index is -0.977. The molecular weight excluding hydrogens is 389 g/mol. The van der Waals surface area contributed by atoms with Crippen molar-refractivity contribution >= 4 is 35.1 Å². The largest absolute Gasteiger partial charge is 0.449 e. The van der Waals surface area contributed by atoms with Gasteiger partial charge in [0.05, 0.1) is 5.69 Å². The number of carbonyl (C=O) groups is 2. The van der Waals surface area contributed by atoms with Crippen molar-refractivity contribution in [1.82, 2.24) is 15.1 Å². The molecule has 1 N–H and O–H groups in total. The zero-order chi connectivity index (χ0) is 20.0. The van der Waals surface area contributed by atoms with Crippen LogP contribution in [0, 0.1) is 6.92 Å². The van der Waals surface area contributed by atoms with Gasteiger partial charge in [0, 0.05) is 18.1 Å². The van der Waals surface area contributed by atoms with Gasteiger partial charge in [0.15, 0.2) is 6.10 Å². The average molecular weight is 412 g/mol. The van der Waals surface area contributed by atoms with Crippen molar-refractivity contribution < 1.29 is 14.3 Å². The van der Waals surface area contributed by atoms with Crippen LogP contribution in [-0.4, -0.2) is 27.8 Å². The number of ether oxygens (including phenoxy) is 1. The van der Waals surface area contributed by atoms with Gasteiger partial charge in [-0.05, 0) is 31.9 Å². The van der Waals surface area contributed by atoms with Gasteiger partial charge < -0.3 is 10.1 Å². The van der Waals surface area contributed by atoms with Gasteiger partial charge in [0.25, 0.3) is 5.91 Å². The Morgan fingerprint density at radius 1 is 1.30 bits per heavy atom. The maximum absolute atomic E-state index is 12.5. The molecule has 0 aliphatic rings. The van der Waals surface area contributed by atoms with Crippen LogP contribution in [0.1, 0.15) is 48.3 Å². The van der Waals surface area contributed by atoms with E-state index >= 15 is 0 Å². The Labute approximate surface area is 168 Å². The van der Waals surface area contributed by atoms with E-state index in [0.29, 0.717) is 17.3 Å². The van der Waals surface area contributed by atoms with Crippen LogP contribution in [-0.2, 0) is 22.6 Å². The summed E-state index contributed by atoms with van der Waals surface area (Å²) in [7, 11) is 0. The molecule has 0 unspecified atom stereocenters. The molecular formula is C19H23Cl2N3O3. The maximum atomic E-state index is 12.5. The van der Waals surface area contributed by atoms with Crippen LogP contribution >= 0.6 is 23.2 Å². The summed E-state index contributed by atoms with van der Waals surface area (Å²) in [6.07, 6.45) is 0.905. The number of hydrogen-bond donors (Lipinski definition) is 1. The van der Waals surface area contributed by atoms with Crippen LogP contribution in [0.25, 0.3) is 0 Å². The third-order valence-corrected chi connectivity index (χ3v) is 4.81. The highest BCUT2D eigenvalue weighted by Crippen LogP contribution is 2.22. The number of carbonyl (C=O) groups excluding carboxylic acids is 2. The quantitative estimate of drug-likeness (QED) is 0.661. The first kappa shape index (κ1) is 21.3. The first-order valence-corrected chi connectivity index (χ1v) is 9.55. The first-order chi connectivity index (χ1) is 12.8. The summed E-state index contributed by atoms with van der Waals surface area (Å²) in [6, 6.07) is 7.20. The van der Waals surface area contributed by atoms with Crippen molar-refractivity contribution in [3.8, 4) is 0 Å². The lowest BCUT2D eigenvalue weighted by Crippen LogP contribution is -2.35. The van der Waals surface area contributed by atoms with Crippen LogP contribution < -0.4 is 5.32 Å². The number of unbranched alkanes of at least 4 members (excludes halogenated alkanes) is 1. The molecule has 0 saturated carbocycles. The Balaban J connectivity index is 1.97. The van der Waals surface area contributed by atoms with Gasteiger partial charge >= 0.3 is 5.97 Å². The summed E-state index contributed by atoms with van der Waals surface area (Å²) < 4.78 is 6.86. The van der Waals surface area contributed by atoms with Crippen molar-refractivity contribution in [1.29, 1.82) is 0 Å². The SMILES string of the molecule is CCCCn1nc(C)c(C(=O)O[C@@H](C)C(=O)NCc2ccccc2Cl)c1Cl. The zero-order valence-corrected chi connectivity index (χ0v) is 17.1. The second-order valence-corrected chi connectivity index (χ2v) is 6.95. The van der Waals surface area contributed by atoms with E-state index in [0.717, 1.165) is 18.4 Å². The highest BCUT2D eigenvalue weighted by Gasteiger charge is 2.25. The van der Waals surface area contributed by atoms with Crippen molar-refractivity contribution in [2.24, 2.45) is 0 Å². The molecule has 0 fully saturated rings. The number of esters is 1. The van der Waals surface area contributed by atoms with Crippen LogP contribution in [0.15, 0.2) is 24.3 Å². The molecule has 1 aromatic heterocycles. The topological polar surface area (TPSA) is 73.2 Å². The molecule has 1 heterocycles. The molecule has 6 nitrogen and oxygen atoms in total. The van der Waals surface area contributed by atoms with Crippen molar-refractivity contribution in [2.75, 3.05) is 0 Å². The van der Waals surface area contributed by atoms with Crippen LogP contribution in [0.2, 0.25) is 10.2 Å². The summed E-state index contributed by atoms with van der Waals surface area (Å²) in [4.78, 5) is 24.7. The number of halogens is 2. The lowest BCUT2D eigenvalue weighted by atomic mass is 10.2. The van der Waals surface area contributed by atoms with E-state index in [1.165, 1.54) is 6.92 Å². The van der Waals surface area contributed by atoms with E-state index in [4.69, 9.17) is 27.9 Å². The highest BCUT2D eigenvalue weighted by atomic mass is 35.5. The predicted octanol–water partition coefficient (Wildman–Crippen LogP) is 4.16. The van der Waals surface area contributed by atoms with Gasteiger partial charge in [0.2, 0.25) is 0 Å². The minimum absolute atomic E-state index is 0.193. The van der Waals surface area contributed by atoms with E-state index in [9.17, 15) is 9.59 Å². The Morgan fingerprint density at radius 3 is 2.67 bits per heavy atom. The molecule has 0 bridgehead atoms. The molecule has 1 aromatic carbocycles. The summed E-state index contributed by atoms with van der Waals surface area (Å²) in [5, 5.41) is 7.77. The Kier molecular flexibility index (Phi) is 7.68. The molecule has 1 atom stereocenters. The van der Waals surface area contributed by atoms with Crippen molar-refractivity contribution in [2.45, 2.75) is 52.8 Å². The van der Waals surface area contributed by atoms with E-state index in [2.05, 4.69) is 17.3 Å². The zero-order valence-electron chi connectivity index (χ0n) is 15.6. The first-order valence-electron chi connectivity index (χ1n) is 8.80. The van der Waals surface area contributed by atoms with Crippen molar-refractivity contribution in [3.05, 3.63) is 51.3 Å². The molecule has 0 saturated heterocycles. The standard InChI is InChI=1S/C19H23Cl2N3O3/c1-4-5-10-24-17(21)16(12(2)23-24)19(26)27-13(3)18(25)22-11-14-8-6-7-9-15(14)20/h6-9,13H,4-5,10-11H2,1-3H3,(H,22,25)/t13-/m0/s1. The fourth-order valence-electron chi connectivity index (χ4n) is 2.48. The number of nitrogens with one attached hydrogen (secondary N) is 1. The number of benzene rings is 1. The smallest absolute Gasteiger partial charge is 0.343 e. The molecule has 2 aromatic rings. The van der Waals surface area contributed by atoms with Gasteiger partial charge in [-0.15, -0.1) is 0 Å². The minimum Gasteiger partial charge on any atom is -0.449 e. The number of rotatable bonds is 8. The van der Waals surface area contributed by atoms with Crippen LogP contribution in [0.4, 0.5) is 0 Å². The third kappa shape index (κ3) is 5.47. The van der Waals surface area contributed by atoms with Crippen molar-refractivity contribution in [3.63, 3.8) is 0 Å². The van der Waals surface area contributed by atoms with E-state index in [-0.39, 0.29) is 17.3 Å². The summed E-state index contributed by atoms with van der Waals surface area (Å²) in [6.45, 7) is 6.12. The molecule has 2 rings (SSSR count). The van der Waals surface area contributed by atoms with Gasteiger partial charge in [-0.3, -0.25) is 9.48 Å². The number of nitrogens with zero attached hydrogens (tertiary/aromatic N) is 2. The van der Waals surface area contributed by atoms with E-state index < -0.39 is 18.0 Å². The predicted molar refractivity (Wildman–Crippen MR) is 105 cm³/mol. The molecule has 27 heavy (non-hydrogen) atoms. The summed E-state index contributed by atoms with van der Waals surface area (Å²) >= 11 is 12.3. The monoisotopic (exact) mass is 411 g/mol. The van der Waals surface area contributed by atoms with Crippen LogP contribution in [0.5, 0.6) is 0 Å². The summed E-state index contributed by atoms with van der Waals surface area (Å²) in [5.41, 5.74) is 1.45. The molecule has 0 aliphatic carbocycles.